The molecule has 1 unspecified atom stereocenters. The summed E-state index contributed by atoms with van der Waals surface area (Å²) in [5.74, 6) is -1.26. The first-order valence-corrected chi connectivity index (χ1v) is 3.43. The molecule has 0 spiro atoms. The number of hydrogen-bond donors (Lipinski definition) is 2. The topological polar surface area (TPSA) is 75.3 Å². The number of hydrogen-bond acceptors (Lipinski definition) is 3. The summed E-state index contributed by atoms with van der Waals surface area (Å²) in [7, 11) is 1.59. The minimum Gasteiger partial charge on any atom is -0.479 e. The molecule has 0 fully saturated rings. The summed E-state index contributed by atoms with van der Waals surface area (Å²) >= 11 is 0. The van der Waals surface area contributed by atoms with Gasteiger partial charge >= 0.3 is 5.97 Å². The second-order valence-electron chi connectivity index (χ2n) is 2.58. The van der Waals surface area contributed by atoms with Crippen molar-refractivity contribution in [2.45, 2.75) is 13.0 Å². The Hall–Kier alpha value is -1.36. The third-order valence-electron chi connectivity index (χ3n) is 1.67. The lowest BCUT2D eigenvalue weighted by molar-refractivity contribution is -0.147. The molecular weight excluding hydrogens is 160 g/mol. The molecule has 1 rings (SSSR count). The number of aryl methyl sites for hydroxylation is 2. The van der Waals surface area contributed by atoms with E-state index in [4.69, 9.17) is 5.11 Å². The fraction of sp³-hybridized carbons (Fsp3) is 0.429. The van der Waals surface area contributed by atoms with E-state index in [1.807, 2.05) is 0 Å². The van der Waals surface area contributed by atoms with E-state index >= 15 is 0 Å². The van der Waals surface area contributed by atoms with Gasteiger partial charge in [-0.2, -0.15) is 5.10 Å². The van der Waals surface area contributed by atoms with Crippen LogP contribution in [0.3, 0.4) is 0 Å². The number of carbonyl (C=O) groups is 1. The number of nitrogens with zero attached hydrogens (tertiary/aromatic N) is 2. The van der Waals surface area contributed by atoms with E-state index in [0.717, 1.165) is 0 Å². The van der Waals surface area contributed by atoms with Gasteiger partial charge in [0, 0.05) is 7.05 Å². The maximum Gasteiger partial charge on any atom is 0.338 e. The Labute approximate surface area is 69.2 Å². The molecule has 1 aromatic rings. The number of carboxylic acid groups (broad SMARTS) is 1. The van der Waals surface area contributed by atoms with Crippen LogP contribution in [0, 0.1) is 6.92 Å². The molecule has 12 heavy (non-hydrogen) atoms. The summed E-state index contributed by atoms with van der Waals surface area (Å²) in [6.45, 7) is 1.70. The fourth-order valence-corrected chi connectivity index (χ4v) is 1.07. The van der Waals surface area contributed by atoms with Gasteiger partial charge in [0.05, 0.1) is 11.9 Å². The standard InChI is InChI=1S/C7H10N2O3/c1-4-3-8-9(2)5(4)6(10)7(11)12/h3,6,10H,1-2H3,(H,11,12). The Morgan fingerprint density at radius 3 is 2.67 bits per heavy atom. The largest absolute Gasteiger partial charge is 0.479 e. The third kappa shape index (κ3) is 1.31. The number of carboxylic acids is 1. The molecule has 0 bridgehead atoms. The summed E-state index contributed by atoms with van der Waals surface area (Å²) in [5.41, 5.74) is 0.995. The van der Waals surface area contributed by atoms with E-state index in [-0.39, 0.29) is 0 Å². The van der Waals surface area contributed by atoms with E-state index in [9.17, 15) is 9.90 Å². The van der Waals surface area contributed by atoms with Gasteiger partial charge in [-0.05, 0) is 12.5 Å². The number of rotatable bonds is 2. The molecule has 2 N–H and O–H groups in total. The minimum atomic E-state index is -1.49. The lowest BCUT2D eigenvalue weighted by Crippen LogP contribution is -2.15. The molecule has 5 nitrogen and oxygen atoms in total. The van der Waals surface area contributed by atoms with Crippen molar-refractivity contribution in [3.05, 3.63) is 17.5 Å². The van der Waals surface area contributed by atoms with E-state index in [1.54, 1.807) is 14.0 Å². The second-order valence-corrected chi connectivity index (χ2v) is 2.58. The number of aliphatic hydroxyl groups excluding tert-OH is 1. The van der Waals surface area contributed by atoms with Crippen molar-refractivity contribution in [1.29, 1.82) is 0 Å². The van der Waals surface area contributed by atoms with Crippen LogP contribution in [0.5, 0.6) is 0 Å². The quantitative estimate of drug-likeness (QED) is 0.647. The highest BCUT2D eigenvalue weighted by atomic mass is 16.4. The molecule has 1 aromatic heterocycles. The number of aliphatic carboxylic acids is 1. The van der Waals surface area contributed by atoms with Crippen LogP contribution in [0.4, 0.5) is 0 Å². The Kier molecular flexibility index (Phi) is 2.14. The van der Waals surface area contributed by atoms with Gasteiger partial charge < -0.3 is 10.2 Å². The Morgan fingerprint density at radius 1 is 1.75 bits per heavy atom. The van der Waals surface area contributed by atoms with Crippen LogP contribution >= 0.6 is 0 Å². The summed E-state index contributed by atoms with van der Waals surface area (Å²) in [6.07, 6.45) is 0.0269. The van der Waals surface area contributed by atoms with Gasteiger partial charge in [0.15, 0.2) is 6.10 Å². The minimum absolute atomic E-state index is 0.322. The average molecular weight is 170 g/mol. The molecular formula is C7H10N2O3. The zero-order valence-corrected chi connectivity index (χ0v) is 6.85. The maximum absolute atomic E-state index is 10.4. The molecule has 0 aliphatic rings. The predicted octanol–water partition coefficient (Wildman–Crippen LogP) is -0.153. The molecule has 0 saturated carbocycles. The van der Waals surface area contributed by atoms with E-state index < -0.39 is 12.1 Å². The molecule has 0 amide bonds. The van der Waals surface area contributed by atoms with Crippen LogP contribution in [-0.4, -0.2) is 26.0 Å². The summed E-state index contributed by atoms with van der Waals surface area (Å²) in [4.78, 5) is 10.4. The first-order chi connectivity index (χ1) is 5.54. The molecule has 1 heterocycles. The van der Waals surface area contributed by atoms with Crippen molar-refractivity contribution in [2.24, 2.45) is 7.05 Å². The summed E-state index contributed by atoms with van der Waals surface area (Å²) < 4.78 is 1.36. The average Bonchev–Trinajstić information content (AvgIpc) is 2.30. The van der Waals surface area contributed by atoms with Gasteiger partial charge in [-0.25, -0.2) is 4.79 Å². The molecule has 1 atom stereocenters. The van der Waals surface area contributed by atoms with Crippen molar-refractivity contribution < 1.29 is 15.0 Å². The van der Waals surface area contributed by atoms with Gasteiger partial charge in [-0.3, -0.25) is 4.68 Å². The van der Waals surface area contributed by atoms with Crippen molar-refractivity contribution in [2.75, 3.05) is 0 Å². The smallest absolute Gasteiger partial charge is 0.338 e. The highest BCUT2D eigenvalue weighted by Gasteiger charge is 2.21. The summed E-state index contributed by atoms with van der Waals surface area (Å²) in [5, 5.41) is 21.5. The van der Waals surface area contributed by atoms with E-state index in [2.05, 4.69) is 5.10 Å². The lowest BCUT2D eigenvalue weighted by atomic mass is 10.2. The van der Waals surface area contributed by atoms with Crippen molar-refractivity contribution in [3.63, 3.8) is 0 Å². The highest BCUT2D eigenvalue weighted by Crippen LogP contribution is 2.15. The van der Waals surface area contributed by atoms with E-state index in [0.29, 0.717) is 11.3 Å². The lowest BCUT2D eigenvalue weighted by Gasteiger charge is -2.06. The molecule has 0 saturated heterocycles. The van der Waals surface area contributed by atoms with Gasteiger partial charge in [0.2, 0.25) is 0 Å². The van der Waals surface area contributed by atoms with Crippen LogP contribution in [0.2, 0.25) is 0 Å². The molecule has 0 aliphatic heterocycles. The highest BCUT2D eigenvalue weighted by molar-refractivity contribution is 5.73. The SMILES string of the molecule is Cc1cnn(C)c1C(O)C(=O)O. The normalized spacial score (nSPS) is 12.9. The zero-order chi connectivity index (χ0) is 9.30. The molecule has 0 radical (unpaired) electrons. The van der Waals surface area contributed by atoms with Crippen LogP contribution in [0.15, 0.2) is 6.20 Å². The number of aliphatic hydroxyl groups is 1. The van der Waals surface area contributed by atoms with Crippen molar-refractivity contribution >= 4 is 5.97 Å². The monoisotopic (exact) mass is 170 g/mol. The van der Waals surface area contributed by atoms with Crippen molar-refractivity contribution in [1.82, 2.24) is 9.78 Å². The van der Waals surface area contributed by atoms with Crippen LogP contribution in [0.1, 0.15) is 17.4 Å². The van der Waals surface area contributed by atoms with Crippen LogP contribution in [-0.2, 0) is 11.8 Å². The zero-order valence-electron chi connectivity index (χ0n) is 6.85. The van der Waals surface area contributed by atoms with E-state index in [1.165, 1.54) is 10.9 Å². The molecule has 5 heteroatoms. The van der Waals surface area contributed by atoms with Gasteiger partial charge in [-0.1, -0.05) is 0 Å². The first kappa shape index (κ1) is 8.73. The molecule has 0 aliphatic carbocycles. The molecule has 66 valence electrons. The van der Waals surface area contributed by atoms with Crippen LogP contribution in [0.25, 0.3) is 0 Å². The Morgan fingerprint density at radius 2 is 2.33 bits per heavy atom. The van der Waals surface area contributed by atoms with Gasteiger partial charge in [-0.15, -0.1) is 0 Å². The van der Waals surface area contributed by atoms with Gasteiger partial charge in [0.25, 0.3) is 0 Å². The summed E-state index contributed by atoms with van der Waals surface area (Å²) in [6, 6.07) is 0. The second kappa shape index (κ2) is 2.94. The third-order valence-corrected chi connectivity index (χ3v) is 1.67. The van der Waals surface area contributed by atoms with Crippen LogP contribution < -0.4 is 0 Å². The fourth-order valence-electron chi connectivity index (χ4n) is 1.07. The maximum atomic E-state index is 10.4. The Balaban J connectivity index is 3.08. The Bertz CT molecular complexity index is 286. The number of aromatic nitrogens is 2. The van der Waals surface area contributed by atoms with Crippen molar-refractivity contribution in [3.8, 4) is 0 Å². The first-order valence-electron chi connectivity index (χ1n) is 3.43. The predicted molar refractivity (Wildman–Crippen MR) is 40.5 cm³/mol. The van der Waals surface area contributed by atoms with Gasteiger partial charge in [0.1, 0.15) is 0 Å². The molecule has 0 aromatic carbocycles.